The van der Waals surface area contributed by atoms with Crippen molar-refractivity contribution in [2.75, 3.05) is 7.05 Å². The van der Waals surface area contributed by atoms with Crippen molar-refractivity contribution in [1.29, 1.82) is 0 Å². The maximum absolute atomic E-state index is 14.0. The van der Waals surface area contributed by atoms with Crippen molar-refractivity contribution in [3.8, 4) is 5.75 Å². The van der Waals surface area contributed by atoms with E-state index in [1.54, 1.807) is 6.07 Å². The van der Waals surface area contributed by atoms with Gasteiger partial charge in [-0.1, -0.05) is 0 Å². The van der Waals surface area contributed by atoms with Gasteiger partial charge in [-0.05, 0) is 39.8 Å². The predicted octanol–water partition coefficient (Wildman–Crippen LogP) is 3.06. The number of piperidine rings is 1. The fraction of sp³-hybridized carbons (Fsp3) is 0.500. The van der Waals surface area contributed by atoms with Crippen molar-refractivity contribution in [3.05, 3.63) is 29.7 Å². The first kappa shape index (κ1) is 14.2. The Kier molecular flexibility index (Phi) is 3.53. The van der Waals surface area contributed by atoms with Gasteiger partial charge in [-0.15, -0.1) is 0 Å². The van der Waals surface area contributed by atoms with Gasteiger partial charge >= 0.3 is 0 Å². The van der Waals surface area contributed by atoms with Crippen LogP contribution >= 0.6 is 0 Å². The molecule has 0 aliphatic carbocycles. The Bertz CT molecular complexity index is 664. The number of nitrogens with zero attached hydrogens (tertiary/aromatic N) is 3. The minimum absolute atomic E-state index is 0.122. The third kappa shape index (κ3) is 2.58. The molecule has 2 atom stereocenters. The molecule has 2 aromatic rings. The molecule has 0 amide bonds. The Labute approximate surface area is 123 Å². The van der Waals surface area contributed by atoms with Gasteiger partial charge in [-0.25, -0.2) is 4.39 Å². The van der Waals surface area contributed by atoms with Crippen molar-refractivity contribution in [2.24, 2.45) is 0 Å². The van der Waals surface area contributed by atoms with Gasteiger partial charge in [0.15, 0.2) is 0 Å². The number of rotatable bonds is 1. The molecule has 4 nitrogen and oxygen atoms in total. The molecule has 1 aliphatic rings. The molecule has 0 radical (unpaired) electrons. The zero-order valence-corrected chi connectivity index (χ0v) is 12.5. The van der Waals surface area contributed by atoms with Crippen LogP contribution in [0.25, 0.3) is 10.9 Å². The van der Waals surface area contributed by atoms with Gasteiger partial charge in [-0.2, -0.15) is 10.2 Å². The predicted molar refractivity (Wildman–Crippen MR) is 79.8 cm³/mol. The van der Waals surface area contributed by atoms with E-state index in [1.807, 2.05) is 0 Å². The van der Waals surface area contributed by atoms with Crippen molar-refractivity contribution >= 4 is 10.9 Å². The zero-order valence-electron chi connectivity index (χ0n) is 12.5. The number of phenols is 1. The van der Waals surface area contributed by atoms with E-state index in [4.69, 9.17) is 0 Å². The molecule has 3 rings (SSSR count). The number of halogens is 1. The molecule has 1 aromatic heterocycles. The molecular formula is C16H20FN3O. The highest BCUT2D eigenvalue weighted by atomic mass is 19.1. The van der Waals surface area contributed by atoms with Gasteiger partial charge in [0, 0.05) is 35.5 Å². The highest BCUT2D eigenvalue weighted by Crippen LogP contribution is 2.34. The van der Waals surface area contributed by atoms with Gasteiger partial charge in [0.1, 0.15) is 11.6 Å². The average Bonchev–Trinajstić information content (AvgIpc) is 2.43. The number of hydrogen-bond donors (Lipinski definition) is 1. The van der Waals surface area contributed by atoms with Gasteiger partial charge in [0.25, 0.3) is 0 Å². The number of fused-ring (bicyclic) bond motifs is 1. The first-order valence-corrected chi connectivity index (χ1v) is 7.33. The molecule has 1 saturated heterocycles. The quantitative estimate of drug-likeness (QED) is 0.876. The van der Waals surface area contributed by atoms with E-state index in [-0.39, 0.29) is 5.75 Å². The fourth-order valence-corrected chi connectivity index (χ4v) is 3.23. The lowest BCUT2D eigenvalue weighted by atomic mass is 9.85. The van der Waals surface area contributed by atoms with Crippen LogP contribution < -0.4 is 0 Å². The smallest absolute Gasteiger partial charge is 0.136 e. The molecule has 0 spiro atoms. The van der Waals surface area contributed by atoms with Crippen molar-refractivity contribution < 1.29 is 9.50 Å². The van der Waals surface area contributed by atoms with E-state index in [2.05, 4.69) is 36.0 Å². The summed E-state index contributed by atoms with van der Waals surface area (Å²) in [4.78, 5) is 2.36. The molecule has 5 heteroatoms. The molecule has 21 heavy (non-hydrogen) atoms. The molecule has 1 aliphatic heterocycles. The minimum atomic E-state index is -0.449. The normalized spacial score (nSPS) is 27.1. The maximum Gasteiger partial charge on any atom is 0.136 e. The second kappa shape index (κ2) is 5.22. The summed E-state index contributed by atoms with van der Waals surface area (Å²) in [5, 5.41) is 18.2. The third-order valence-electron chi connectivity index (χ3n) is 4.72. The van der Waals surface area contributed by atoms with Crippen molar-refractivity contribution in [3.63, 3.8) is 0 Å². The van der Waals surface area contributed by atoms with Crippen LogP contribution in [0.15, 0.2) is 18.2 Å². The number of benzene rings is 1. The van der Waals surface area contributed by atoms with E-state index in [0.29, 0.717) is 28.9 Å². The zero-order chi connectivity index (χ0) is 15.1. The number of hydrogen-bond acceptors (Lipinski definition) is 4. The third-order valence-corrected chi connectivity index (χ3v) is 4.72. The highest BCUT2D eigenvalue weighted by Gasteiger charge is 2.30. The number of aromatic nitrogens is 2. The molecule has 1 aromatic carbocycles. The van der Waals surface area contributed by atoms with Crippen molar-refractivity contribution in [2.45, 2.75) is 44.7 Å². The van der Waals surface area contributed by atoms with Gasteiger partial charge in [0.05, 0.1) is 11.2 Å². The van der Waals surface area contributed by atoms with Gasteiger partial charge in [0.2, 0.25) is 0 Å². The summed E-state index contributed by atoms with van der Waals surface area (Å²) in [6.45, 7) is 4.41. The molecule has 2 unspecified atom stereocenters. The summed E-state index contributed by atoms with van der Waals surface area (Å²) in [7, 11) is 2.14. The Hall–Kier alpha value is -1.75. The largest absolute Gasteiger partial charge is 0.508 e. The lowest BCUT2D eigenvalue weighted by Gasteiger charge is -2.40. The Balaban J connectivity index is 1.98. The van der Waals surface area contributed by atoms with Crippen LogP contribution in [0.5, 0.6) is 5.75 Å². The standard InChI is InChI=1S/C16H20FN3O/c1-9-4-11(5-10(2)20(9)3)15-8-13-14(17)6-12(21)7-16(13)19-18-15/h6-11,21H,4-5H2,1-3H3. The molecular weight excluding hydrogens is 269 g/mol. The van der Waals surface area contributed by atoms with Crippen LogP contribution in [0.2, 0.25) is 0 Å². The second-order valence-corrected chi connectivity index (χ2v) is 6.16. The topological polar surface area (TPSA) is 49.3 Å². The van der Waals surface area contributed by atoms with Crippen LogP contribution in [0.4, 0.5) is 4.39 Å². The summed E-state index contributed by atoms with van der Waals surface area (Å²) in [5.41, 5.74) is 1.24. The first-order valence-electron chi connectivity index (χ1n) is 7.33. The van der Waals surface area contributed by atoms with Crippen LogP contribution in [0.3, 0.4) is 0 Å². The lowest BCUT2D eigenvalue weighted by Crippen LogP contribution is -2.43. The van der Waals surface area contributed by atoms with E-state index in [0.717, 1.165) is 24.6 Å². The summed E-state index contributed by atoms with van der Waals surface area (Å²) in [5.74, 6) is -0.268. The fourth-order valence-electron chi connectivity index (χ4n) is 3.23. The first-order chi connectivity index (χ1) is 9.95. The minimum Gasteiger partial charge on any atom is -0.508 e. The van der Waals surface area contributed by atoms with Gasteiger partial charge < -0.3 is 10.0 Å². The van der Waals surface area contributed by atoms with E-state index in [9.17, 15) is 9.50 Å². The summed E-state index contributed by atoms with van der Waals surface area (Å²) in [6, 6.07) is 5.29. The molecule has 1 N–H and O–H groups in total. The number of aromatic hydroxyl groups is 1. The lowest BCUT2D eigenvalue weighted by molar-refractivity contribution is 0.121. The van der Waals surface area contributed by atoms with E-state index >= 15 is 0 Å². The summed E-state index contributed by atoms with van der Waals surface area (Å²) >= 11 is 0. The molecule has 2 heterocycles. The molecule has 1 fully saturated rings. The number of likely N-dealkylation sites (tertiary alicyclic amines) is 1. The van der Waals surface area contributed by atoms with Crippen LogP contribution in [0.1, 0.15) is 38.3 Å². The molecule has 0 saturated carbocycles. The SMILES string of the molecule is CC1CC(c2cc3c(F)cc(O)cc3nn2)CC(C)N1C. The summed E-state index contributed by atoms with van der Waals surface area (Å²) < 4.78 is 14.0. The Morgan fingerprint density at radius 2 is 1.81 bits per heavy atom. The van der Waals surface area contributed by atoms with Crippen molar-refractivity contribution in [1.82, 2.24) is 15.1 Å². The van der Waals surface area contributed by atoms with Crippen LogP contribution in [-0.4, -0.2) is 39.3 Å². The number of phenolic OH excluding ortho intramolecular Hbond substituents is 1. The maximum atomic E-state index is 14.0. The van der Waals surface area contributed by atoms with E-state index in [1.165, 1.54) is 6.07 Å². The molecule has 112 valence electrons. The second-order valence-electron chi connectivity index (χ2n) is 6.16. The Morgan fingerprint density at radius 3 is 2.48 bits per heavy atom. The van der Waals surface area contributed by atoms with E-state index < -0.39 is 5.82 Å². The monoisotopic (exact) mass is 289 g/mol. The Morgan fingerprint density at radius 1 is 1.14 bits per heavy atom. The average molecular weight is 289 g/mol. The van der Waals surface area contributed by atoms with Crippen LogP contribution in [-0.2, 0) is 0 Å². The van der Waals surface area contributed by atoms with Gasteiger partial charge in [-0.3, -0.25) is 0 Å². The highest BCUT2D eigenvalue weighted by molar-refractivity contribution is 5.80. The van der Waals surface area contributed by atoms with Crippen LogP contribution in [0, 0.1) is 5.82 Å². The summed E-state index contributed by atoms with van der Waals surface area (Å²) in [6.07, 6.45) is 2.00. The molecule has 0 bridgehead atoms.